The first-order valence-corrected chi connectivity index (χ1v) is 4.68. The van der Waals surface area contributed by atoms with E-state index in [1.54, 1.807) is 7.05 Å². The van der Waals surface area contributed by atoms with Gasteiger partial charge >= 0.3 is 6.18 Å². The average Bonchev–Trinajstić information content (AvgIpc) is 2.17. The molecule has 0 bridgehead atoms. The molecule has 0 atom stereocenters. The second-order valence-corrected chi connectivity index (χ2v) is 3.57. The fraction of sp³-hybridized carbons (Fsp3) is 0.364. The van der Waals surface area contributed by atoms with E-state index in [1.807, 2.05) is 0 Å². The minimum Gasteiger partial charge on any atom is -0.342 e. The summed E-state index contributed by atoms with van der Waals surface area (Å²) in [6.07, 6.45) is -4.31. The lowest BCUT2D eigenvalue weighted by molar-refractivity contribution is -0.137. The molecule has 0 unspecified atom stereocenters. The van der Waals surface area contributed by atoms with Crippen LogP contribution in [0.25, 0.3) is 0 Å². The lowest BCUT2D eigenvalue weighted by atomic mass is 10.1. The van der Waals surface area contributed by atoms with Crippen LogP contribution in [0.1, 0.15) is 18.1 Å². The molecule has 0 fully saturated rings. The summed E-state index contributed by atoms with van der Waals surface area (Å²) < 4.78 is 36.7. The minimum absolute atomic E-state index is 0.125. The van der Waals surface area contributed by atoms with E-state index >= 15 is 0 Å². The maximum atomic E-state index is 12.2. The van der Waals surface area contributed by atoms with Crippen LogP contribution in [0.3, 0.4) is 0 Å². The predicted molar refractivity (Wildman–Crippen MR) is 53.6 cm³/mol. The van der Waals surface area contributed by atoms with Crippen LogP contribution in [0, 0.1) is 0 Å². The number of nitrogens with zero attached hydrogens (tertiary/aromatic N) is 1. The van der Waals surface area contributed by atoms with Crippen molar-refractivity contribution in [3.63, 3.8) is 0 Å². The first-order chi connectivity index (χ1) is 7.30. The van der Waals surface area contributed by atoms with Crippen LogP contribution in [0.15, 0.2) is 24.3 Å². The molecule has 1 amide bonds. The third-order valence-electron chi connectivity index (χ3n) is 2.24. The van der Waals surface area contributed by atoms with Crippen LogP contribution in [-0.2, 0) is 17.5 Å². The second kappa shape index (κ2) is 4.55. The highest BCUT2D eigenvalue weighted by Crippen LogP contribution is 2.29. The van der Waals surface area contributed by atoms with Crippen molar-refractivity contribution in [1.29, 1.82) is 0 Å². The topological polar surface area (TPSA) is 20.3 Å². The summed E-state index contributed by atoms with van der Waals surface area (Å²) in [6.45, 7) is 1.72. The zero-order valence-electron chi connectivity index (χ0n) is 9.01. The Kier molecular flexibility index (Phi) is 3.57. The van der Waals surface area contributed by atoms with E-state index in [2.05, 4.69) is 0 Å². The second-order valence-electron chi connectivity index (χ2n) is 3.57. The SMILES string of the molecule is CC(=O)N(C)Cc1ccc(C(F)(F)F)cc1. The molecule has 0 N–H and O–H groups in total. The number of carbonyl (C=O) groups excluding carboxylic acids is 1. The molecule has 88 valence electrons. The summed E-state index contributed by atoms with van der Waals surface area (Å²) >= 11 is 0. The fourth-order valence-electron chi connectivity index (χ4n) is 1.18. The summed E-state index contributed by atoms with van der Waals surface area (Å²) in [5.74, 6) is -0.125. The normalized spacial score (nSPS) is 11.3. The molecule has 0 spiro atoms. The Morgan fingerprint density at radius 1 is 1.25 bits per heavy atom. The number of amides is 1. The van der Waals surface area contributed by atoms with Crippen molar-refractivity contribution in [1.82, 2.24) is 4.90 Å². The van der Waals surface area contributed by atoms with Crippen molar-refractivity contribution in [2.45, 2.75) is 19.6 Å². The smallest absolute Gasteiger partial charge is 0.342 e. The molecular weight excluding hydrogens is 219 g/mol. The highest BCUT2D eigenvalue weighted by Gasteiger charge is 2.29. The van der Waals surface area contributed by atoms with Crippen molar-refractivity contribution in [3.05, 3.63) is 35.4 Å². The van der Waals surface area contributed by atoms with E-state index in [9.17, 15) is 18.0 Å². The first-order valence-electron chi connectivity index (χ1n) is 4.68. The summed E-state index contributed by atoms with van der Waals surface area (Å²) in [5, 5.41) is 0. The van der Waals surface area contributed by atoms with E-state index in [4.69, 9.17) is 0 Å². The van der Waals surface area contributed by atoms with Crippen molar-refractivity contribution < 1.29 is 18.0 Å². The third kappa shape index (κ3) is 3.25. The van der Waals surface area contributed by atoms with Gasteiger partial charge in [0.2, 0.25) is 5.91 Å². The van der Waals surface area contributed by atoms with Gasteiger partial charge in [0.15, 0.2) is 0 Å². The van der Waals surface area contributed by atoms with Gasteiger partial charge in [-0.15, -0.1) is 0 Å². The molecule has 0 aliphatic rings. The van der Waals surface area contributed by atoms with Gasteiger partial charge in [0.1, 0.15) is 0 Å². The molecule has 0 saturated carbocycles. The Bertz CT molecular complexity index is 370. The van der Waals surface area contributed by atoms with Crippen molar-refractivity contribution >= 4 is 5.91 Å². The zero-order chi connectivity index (χ0) is 12.3. The summed E-state index contributed by atoms with van der Waals surface area (Å²) in [5.41, 5.74) is -0.00701. The molecule has 1 rings (SSSR count). The van der Waals surface area contributed by atoms with Gasteiger partial charge in [0, 0.05) is 20.5 Å². The lowest BCUT2D eigenvalue weighted by Crippen LogP contribution is -2.23. The van der Waals surface area contributed by atoms with Gasteiger partial charge in [-0.2, -0.15) is 13.2 Å². The maximum absolute atomic E-state index is 12.2. The molecule has 16 heavy (non-hydrogen) atoms. The van der Waals surface area contributed by atoms with E-state index in [0.717, 1.165) is 12.1 Å². The summed E-state index contributed by atoms with van der Waals surface area (Å²) in [6, 6.07) is 4.79. The molecule has 0 aliphatic heterocycles. The maximum Gasteiger partial charge on any atom is 0.416 e. The predicted octanol–water partition coefficient (Wildman–Crippen LogP) is 2.68. The number of halogens is 3. The van der Waals surface area contributed by atoms with E-state index in [-0.39, 0.29) is 5.91 Å². The summed E-state index contributed by atoms with van der Waals surface area (Å²) in [4.78, 5) is 12.4. The number of carbonyl (C=O) groups is 1. The van der Waals surface area contributed by atoms with Gasteiger partial charge in [-0.25, -0.2) is 0 Å². The molecule has 0 aliphatic carbocycles. The monoisotopic (exact) mass is 231 g/mol. The quantitative estimate of drug-likeness (QED) is 0.766. The van der Waals surface area contributed by atoms with Crippen LogP contribution in [0.5, 0.6) is 0 Å². The van der Waals surface area contributed by atoms with Gasteiger partial charge in [-0.1, -0.05) is 12.1 Å². The molecule has 0 radical (unpaired) electrons. The fourth-order valence-corrected chi connectivity index (χ4v) is 1.18. The largest absolute Gasteiger partial charge is 0.416 e. The van der Waals surface area contributed by atoms with Crippen LogP contribution in [0.4, 0.5) is 13.2 Å². The zero-order valence-corrected chi connectivity index (χ0v) is 9.01. The summed E-state index contributed by atoms with van der Waals surface area (Å²) in [7, 11) is 1.60. The number of hydrogen-bond acceptors (Lipinski definition) is 1. The highest BCUT2D eigenvalue weighted by molar-refractivity contribution is 5.72. The van der Waals surface area contributed by atoms with Crippen LogP contribution >= 0.6 is 0 Å². The van der Waals surface area contributed by atoms with E-state index in [1.165, 1.54) is 24.0 Å². The van der Waals surface area contributed by atoms with Gasteiger partial charge in [-0.05, 0) is 17.7 Å². The first kappa shape index (κ1) is 12.5. The number of alkyl halides is 3. The number of hydrogen-bond donors (Lipinski definition) is 0. The minimum atomic E-state index is -4.31. The van der Waals surface area contributed by atoms with Crippen LogP contribution < -0.4 is 0 Å². The molecule has 0 aromatic heterocycles. The molecule has 5 heteroatoms. The van der Waals surface area contributed by atoms with E-state index < -0.39 is 11.7 Å². The van der Waals surface area contributed by atoms with E-state index in [0.29, 0.717) is 12.1 Å². The van der Waals surface area contributed by atoms with Gasteiger partial charge in [0.05, 0.1) is 5.56 Å². The Hall–Kier alpha value is -1.52. The Morgan fingerprint density at radius 2 is 1.75 bits per heavy atom. The van der Waals surface area contributed by atoms with Crippen LogP contribution in [0.2, 0.25) is 0 Å². The van der Waals surface area contributed by atoms with Crippen molar-refractivity contribution in [2.24, 2.45) is 0 Å². The molecule has 2 nitrogen and oxygen atoms in total. The molecule has 0 heterocycles. The highest BCUT2D eigenvalue weighted by atomic mass is 19.4. The molecule has 1 aromatic carbocycles. The third-order valence-corrected chi connectivity index (χ3v) is 2.24. The molecule has 1 aromatic rings. The molecule has 0 saturated heterocycles. The van der Waals surface area contributed by atoms with Crippen molar-refractivity contribution in [2.75, 3.05) is 7.05 Å². The number of benzene rings is 1. The molecular formula is C11H12F3NO. The Balaban J connectivity index is 2.76. The Morgan fingerprint density at radius 3 is 2.12 bits per heavy atom. The van der Waals surface area contributed by atoms with Gasteiger partial charge < -0.3 is 4.90 Å². The average molecular weight is 231 g/mol. The lowest BCUT2D eigenvalue weighted by Gasteiger charge is -2.15. The number of rotatable bonds is 2. The standard InChI is InChI=1S/C11H12F3NO/c1-8(16)15(2)7-9-3-5-10(6-4-9)11(12,13)14/h3-6H,7H2,1-2H3. The van der Waals surface area contributed by atoms with Crippen LogP contribution in [-0.4, -0.2) is 17.9 Å². The Labute approximate surface area is 91.7 Å². The van der Waals surface area contributed by atoms with Gasteiger partial charge in [-0.3, -0.25) is 4.79 Å². The van der Waals surface area contributed by atoms with Crippen molar-refractivity contribution in [3.8, 4) is 0 Å². The van der Waals surface area contributed by atoms with Gasteiger partial charge in [0.25, 0.3) is 0 Å².